The topological polar surface area (TPSA) is 583 Å². The molecular formula is C94H108N18O24. The van der Waals surface area contributed by atoms with Crippen molar-refractivity contribution in [2.45, 2.75) is 182 Å². The molecule has 0 bridgehead atoms. The molecule has 42 heteroatoms. The van der Waals surface area contributed by atoms with Crippen molar-refractivity contribution in [2.75, 3.05) is 63.4 Å². The predicted octanol–water partition coefficient (Wildman–Crippen LogP) is 4.08. The Morgan fingerprint density at radius 2 is 0.904 bits per heavy atom. The highest BCUT2D eigenvalue weighted by Crippen LogP contribution is 2.44. The summed E-state index contributed by atoms with van der Waals surface area (Å²) in [6, 6.07) is 19.2. The van der Waals surface area contributed by atoms with E-state index in [2.05, 4.69) is 53.2 Å². The average Bonchev–Trinajstić information content (AvgIpc) is 1.54. The van der Waals surface area contributed by atoms with Crippen molar-refractivity contribution in [2.24, 2.45) is 23.3 Å². The molecule has 4 aromatic heterocycles. The number of urea groups is 2. The van der Waals surface area contributed by atoms with Crippen LogP contribution in [-0.4, -0.2) is 199 Å². The van der Waals surface area contributed by atoms with E-state index in [4.69, 9.17) is 49.9 Å². The summed E-state index contributed by atoms with van der Waals surface area (Å²) in [6.45, 7) is 10.7. The Balaban J connectivity index is 0.580. The zero-order valence-electron chi connectivity index (χ0n) is 76.1. The fourth-order valence-electron chi connectivity index (χ4n) is 17.0. The quantitative estimate of drug-likeness (QED) is 0.00844. The van der Waals surface area contributed by atoms with Gasteiger partial charge in [0, 0.05) is 82.7 Å². The second kappa shape index (κ2) is 42.8. The van der Waals surface area contributed by atoms with Crippen molar-refractivity contribution in [3.63, 3.8) is 0 Å². The van der Waals surface area contributed by atoms with Crippen molar-refractivity contribution >= 4 is 117 Å². The molecule has 42 nitrogen and oxygen atoms in total. The van der Waals surface area contributed by atoms with E-state index in [9.17, 15) is 86.9 Å². The maximum atomic E-state index is 14.4. The molecule has 0 radical (unpaired) electrons. The largest absolute Gasteiger partial charge is 0.473 e. The van der Waals surface area contributed by atoms with Crippen molar-refractivity contribution in [1.82, 2.24) is 71.4 Å². The molecule has 5 aliphatic heterocycles. The van der Waals surface area contributed by atoms with Crippen LogP contribution in [-0.2, 0) is 130 Å². The number of nitrogens with one attached hydrogen (secondary N) is 10. The van der Waals surface area contributed by atoms with Gasteiger partial charge in [-0.2, -0.15) is 0 Å². The SMILES string of the molecule is CCc1c2c(nc3ccc(OCNC(=O)OCc4ccc(NC(=O)[C@H](CCCNC(N)=O)NC(=O)[C@@H](NC(=O)CN(CCN5C(=O)C=CC5=O)CC(=O)N[C@H](C(=O)N[C@@H](CCCNC(N)=O)C(=O)Nc5ccc(COC(=O)NCOc6ccc7nc8c(c(CC)c7c6)Cn6c-8cc7c(c6=O)COC(=O)[C@]7(O)CC)cc5)C(C)C)C(C)C)cc4)cc13)-c1cc3c(c(=O)n1C2)COC(=O)[C@]3(O)CC. The standard InChI is InChI=1S/C94H108N18O24/c1-9-57-59-35-55(25-27-67(59)103-79-61(57)39-111-71(79)37-65-63(85(111)121)45-131-87(123)93(65,129)11-3)135-47-99-91(127)133-43-51-17-21-53(22-18-51)101-81(117)69(15-13-31-97-89(95)125)105-83(119)77(49(5)6)107-73(113)41-109(33-34-110-75(115)29-30-76(110)116)42-74(114)108-78(50(7)8)84(120)106-70(16-14-32-98-90(96)126)82(118)102-54-23-19-52(20-24-54)44-134-92(128)100-48-136-56-26-28-68-60(36-56)58(10-2)62-40-112-72(80(62)104-68)38-66-64(86(112)122)46-132-88(124)94(66,130)12-4/h17-30,35-38,49-50,69-70,77-78,129-130H,9-16,31-34,39-48H2,1-8H3,(H,99,127)(H,100,128)(H,101,117)(H,102,118)(H,105,119)(H,106,120)(H,107,113)(H,108,114)(H3,95,97,125)(H3,96,98,126)/t69-,70-,77-,78-,93-,94-/m0/s1. The number of aryl methyl sites for hydroxylation is 2. The van der Waals surface area contributed by atoms with E-state index < -0.39 is 144 Å². The number of pyridine rings is 4. The van der Waals surface area contributed by atoms with Gasteiger partial charge in [0.2, 0.25) is 35.4 Å². The van der Waals surface area contributed by atoms with E-state index in [0.29, 0.717) is 69.3 Å². The second-order valence-corrected chi connectivity index (χ2v) is 34.0. The van der Waals surface area contributed by atoms with Gasteiger partial charge in [0.1, 0.15) is 62.1 Å². The Labute approximate surface area is 778 Å². The summed E-state index contributed by atoms with van der Waals surface area (Å²) in [5.74, 6) is -8.15. The first kappa shape index (κ1) is 98.3. The van der Waals surface area contributed by atoms with Gasteiger partial charge >= 0.3 is 36.2 Å². The minimum Gasteiger partial charge on any atom is -0.473 e. The Morgan fingerprint density at radius 3 is 1.27 bits per heavy atom. The molecule has 0 spiro atoms. The number of fused-ring (bicyclic) bond motifs is 10. The van der Waals surface area contributed by atoms with Crippen molar-refractivity contribution in [1.29, 1.82) is 0 Å². The van der Waals surface area contributed by atoms with Gasteiger partial charge in [-0.1, -0.05) is 79.7 Å². The van der Waals surface area contributed by atoms with Crippen LogP contribution in [0.3, 0.4) is 0 Å². The molecule has 14 amide bonds. The number of aromatic nitrogens is 4. The summed E-state index contributed by atoms with van der Waals surface area (Å²) in [5.41, 5.74) is 15.0. The van der Waals surface area contributed by atoms with E-state index >= 15 is 0 Å². The number of benzene rings is 4. The number of alkyl carbamates (subject to hydrolysis) is 2. The monoisotopic (exact) mass is 1870 g/mol. The molecule has 6 atom stereocenters. The van der Waals surface area contributed by atoms with Gasteiger partial charge in [-0.3, -0.25) is 68.4 Å². The number of esters is 2. The molecule has 0 saturated carbocycles. The Kier molecular flexibility index (Phi) is 30.9. The first-order valence-electron chi connectivity index (χ1n) is 44.7. The highest BCUT2D eigenvalue weighted by Gasteiger charge is 2.48. The molecule has 136 heavy (non-hydrogen) atoms. The van der Waals surface area contributed by atoms with Crippen molar-refractivity contribution in [3.8, 4) is 34.3 Å². The number of nitrogens with zero attached hydrogens (tertiary/aromatic N) is 6. The maximum absolute atomic E-state index is 14.4. The van der Waals surface area contributed by atoms with E-state index in [1.54, 1.807) is 123 Å². The van der Waals surface area contributed by atoms with Gasteiger partial charge in [0.05, 0.1) is 71.1 Å². The highest BCUT2D eigenvalue weighted by atomic mass is 16.6. The molecular weight excluding hydrogens is 1770 g/mol. The molecule has 9 heterocycles. The van der Waals surface area contributed by atoms with Crippen molar-refractivity contribution in [3.05, 3.63) is 186 Å². The van der Waals surface area contributed by atoms with Crippen LogP contribution < -0.4 is 85.2 Å². The molecule has 16 N–H and O–H groups in total. The third-order valence-electron chi connectivity index (χ3n) is 24.4. The van der Waals surface area contributed by atoms with Crippen LogP contribution in [0.1, 0.15) is 150 Å². The molecule has 0 unspecified atom stereocenters. The summed E-state index contributed by atoms with van der Waals surface area (Å²) in [4.78, 5) is 226. The zero-order chi connectivity index (χ0) is 97.7. The van der Waals surface area contributed by atoms with Gasteiger partial charge in [-0.15, -0.1) is 0 Å². The lowest BCUT2D eigenvalue weighted by Gasteiger charge is -2.31. The fraction of sp³-hybridized carbons (Fsp3) is 0.404. The molecule has 0 fully saturated rings. The number of hydrogen-bond donors (Lipinski definition) is 14. The van der Waals surface area contributed by atoms with Crippen LogP contribution in [0.15, 0.2) is 119 Å². The van der Waals surface area contributed by atoms with E-state index in [-0.39, 0.29) is 162 Å². The number of aliphatic hydroxyl groups is 2. The number of ether oxygens (including phenoxy) is 6. The normalized spacial score (nSPS) is 16.2. The van der Waals surface area contributed by atoms with Gasteiger partial charge in [0.25, 0.3) is 22.9 Å². The number of carbonyl (C=O) groups excluding carboxylic acids is 14. The number of cyclic esters (lactones) is 2. The molecule has 0 saturated heterocycles. The number of hydrogen-bond acceptors (Lipinski definition) is 27. The highest BCUT2D eigenvalue weighted by molar-refractivity contribution is 6.13. The molecule has 4 aromatic carbocycles. The molecule has 5 aliphatic rings. The summed E-state index contributed by atoms with van der Waals surface area (Å²) in [6.07, 6.45) is 1.73. The lowest BCUT2D eigenvalue weighted by Crippen LogP contribution is -2.57. The number of anilines is 2. The Hall–Kier alpha value is -15.2. The molecule has 0 aliphatic carbocycles. The summed E-state index contributed by atoms with van der Waals surface area (Å²) in [5, 5.41) is 50.5. The first-order valence-corrected chi connectivity index (χ1v) is 44.7. The van der Waals surface area contributed by atoms with Crippen LogP contribution in [0.5, 0.6) is 11.5 Å². The van der Waals surface area contributed by atoms with E-state index in [0.717, 1.165) is 50.1 Å². The number of nitrogens with two attached hydrogens (primary N) is 2. The van der Waals surface area contributed by atoms with Gasteiger partial charge < -0.3 is 102 Å². The second-order valence-electron chi connectivity index (χ2n) is 34.0. The summed E-state index contributed by atoms with van der Waals surface area (Å²) >= 11 is 0. The van der Waals surface area contributed by atoms with Gasteiger partial charge in [0.15, 0.2) is 24.7 Å². The minimum absolute atomic E-state index is 0.00337. The summed E-state index contributed by atoms with van der Waals surface area (Å²) < 4.78 is 36.3. The number of rotatable bonds is 41. The molecule has 718 valence electrons. The van der Waals surface area contributed by atoms with Crippen LogP contribution in [0, 0.1) is 11.8 Å². The van der Waals surface area contributed by atoms with Gasteiger partial charge in [-0.25, -0.2) is 38.7 Å². The van der Waals surface area contributed by atoms with Gasteiger partial charge in [-0.05, 0) is 158 Å². The van der Waals surface area contributed by atoms with E-state index in [1.807, 2.05) is 13.8 Å². The number of imide groups is 1. The lowest BCUT2D eigenvalue weighted by molar-refractivity contribution is -0.172. The number of amides is 14. The first-order chi connectivity index (χ1) is 65.0. The Bertz CT molecular complexity index is 5870. The Morgan fingerprint density at radius 1 is 0.507 bits per heavy atom. The lowest BCUT2D eigenvalue weighted by atomic mass is 9.86. The fourth-order valence-corrected chi connectivity index (χ4v) is 17.0. The third-order valence-corrected chi connectivity index (χ3v) is 24.4. The summed E-state index contributed by atoms with van der Waals surface area (Å²) in [7, 11) is 0. The van der Waals surface area contributed by atoms with Crippen molar-refractivity contribution < 1.29 is 106 Å². The maximum Gasteiger partial charge on any atom is 0.410 e. The van der Waals surface area contributed by atoms with Crippen LogP contribution in [0.4, 0.5) is 30.6 Å². The molecule has 8 aromatic rings. The minimum atomic E-state index is -1.98. The van der Waals surface area contributed by atoms with Crippen LogP contribution >= 0.6 is 0 Å². The predicted molar refractivity (Wildman–Crippen MR) is 489 cm³/mol. The molecule has 13 rings (SSSR count). The smallest absolute Gasteiger partial charge is 0.410 e. The number of carbonyl (C=O) groups is 14. The van der Waals surface area contributed by atoms with E-state index in [1.165, 1.54) is 29.2 Å². The number of primary amides is 2. The van der Waals surface area contributed by atoms with Crippen LogP contribution in [0.2, 0.25) is 0 Å². The van der Waals surface area contributed by atoms with Crippen LogP contribution in [0.25, 0.3) is 44.6 Å². The zero-order valence-corrected chi connectivity index (χ0v) is 76.1. The average molecular weight is 1870 g/mol. The third kappa shape index (κ3) is 22.2.